The lowest BCUT2D eigenvalue weighted by Gasteiger charge is -2.41. The first-order valence-electron chi connectivity index (χ1n) is 7.70. The first-order valence-corrected chi connectivity index (χ1v) is 7.70. The second-order valence-electron chi connectivity index (χ2n) is 6.90. The Balaban J connectivity index is 2.71. The molecule has 1 aliphatic rings. The molecule has 0 saturated heterocycles. The third-order valence-electron chi connectivity index (χ3n) is 4.32. The van der Waals surface area contributed by atoms with Crippen molar-refractivity contribution < 1.29 is 13.2 Å². The van der Waals surface area contributed by atoms with Crippen molar-refractivity contribution in [2.45, 2.75) is 65.1 Å². The molecule has 0 bridgehead atoms. The van der Waals surface area contributed by atoms with Crippen LogP contribution in [0.1, 0.15) is 52.9 Å². The zero-order valence-electron chi connectivity index (χ0n) is 13.0. The van der Waals surface area contributed by atoms with Crippen LogP contribution >= 0.6 is 0 Å². The lowest BCUT2D eigenvalue weighted by atomic mass is 9.83. The van der Waals surface area contributed by atoms with E-state index in [9.17, 15) is 13.2 Å². The molecule has 2 N–H and O–H groups in total. The van der Waals surface area contributed by atoms with Crippen LogP contribution in [-0.4, -0.2) is 36.8 Å². The summed E-state index contributed by atoms with van der Waals surface area (Å²) in [6.45, 7) is 8.44. The summed E-state index contributed by atoms with van der Waals surface area (Å²) in [5.41, 5.74) is 5.73. The Kier molecular flexibility index (Phi) is 6.32. The van der Waals surface area contributed by atoms with E-state index in [1.165, 1.54) is 0 Å². The molecular weight excluding hydrogens is 265 g/mol. The van der Waals surface area contributed by atoms with E-state index in [1.807, 2.05) is 0 Å². The second kappa shape index (κ2) is 7.12. The summed E-state index contributed by atoms with van der Waals surface area (Å²) in [4.78, 5) is 2.24. The maximum atomic E-state index is 12.9. The van der Waals surface area contributed by atoms with Gasteiger partial charge in [0.25, 0.3) is 0 Å². The molecule has 5 heteroatoms. The van der Waals surface area contributed by atoms with E-state index in [4.69, 9.17) is 5.73 Å². The Labute approximate surface area is 120 Å². The molecule has 1 saturated carbocycles. The van der Waals surface area contributed by atoms with Crippen LogP contribution in [0.25, 0.3) is 0 Å². The molecular formula is C15H29F3N2. The van der Waals surface area contributed by atoms with Crippen LogP contribution in [0.15, 0.2) is 0 Å². The average Bonchev–Trinajstić information content (AvgIpc) is 2.37. The maximum absolute atomic E-state index is 12.9. The lowest BCUT2D eigenvalue weighted by Crippen LogP contribution is -2.47. The minimum Gasteiger partial charge on any atom is -0.330 e. The molecule has 0 aromatic rings. The molecule has 120 valence electrons. The van der Waals surface area contributed by atoms with Crippen LogP contribution < -0.4 is 5.73 Å². The van der Waals surface area contributed by atoms with Crippen molar-refractivity contribution in [3.8, 4) is 0 Å². The van der Waals surface area contributed by atoms with Crippen LogP contribution in [0.4, 0.5) is 13.2 Å². The van der Waals surface area contributed by atoms with Gasteiger partial charge in [-0.25, -0.2) is 0 Å². The van der Waals surface area contributed by atoms with Gasteiger partial charge in [-0.05, 0) is 44.2 Å². The number of hydrogen-bond acceptors (Lipinski definition) is 2. The van der Waals surface area contributed by atoms with Crippen LogP contribution in [0, 0.1) is 11.3 Å². The van der Waals surface area contributed by atoms with Crippen molar-refractivity contribution in [3.63, 3.8) is 0 Å². The molecule has 1 aliphatic carbocycles. The minimum absolute atomic E-state index is 0.0413. The molecule has 0 heterocycles. The van der Waals surface area contributed by atoms with Gasteiger partial charge in [-0.2, -0.15) is 13.2 Å². The van der Waals surface area contributed by atoms with Crippen LogP contribution in [0.3, 0.4) is 0 Å². The molecule has 0 aromatic carbocycles. The highest BCUT2D eigenvalue weighted by Gasteiger charge is 2.43. The highest BCUT2D eigenvalue weighted by atomic mass is 19.4. The van der Waals surface area contributed by atoms with E-state index in [0.29, 0.717) is 19.4 Å². The van der Waals surface area contributed by atoms with Gasteiger partial charge in [0.1, 0.15) is 0 Å². The van der Waals surface area contributed by atoms with E-state index in [2.05, 4.69) is 25.7 Å². The Morgan fingerprint density at radius 3 is 2.35 bits per heavy atom. The molecule has 2 nitrogen and oxygen atoms in total. The Bertz CT molecular complexity index is 289. The topological polar surface area (TPSA) is 29.3 Å². The fourth-order valence-electron chi connectivity index (χ4n) is 3.09. The summed E-state index contributed by atoms with van der Waals surface area (Å²) in [5, 5.41) is 0. The zero-order chi connectivity index (χ0) is 15.4. The van der Waals surface area contributed by atoms with Crippen LogP contribution in [-0.2, 0) is 0 Å². The molecule has 0 aromatic heterocycles. The number of hydrogen-bond donors (Lipinski definition) is 1. The van der Waals surface area contributed by atoms with Gasteiger partial charge in [-0.1, -0.05) is 27.2 Å². The molecule has 1 fully saturated rings. The quantitative estimate of drug-likeness (QED) is 0.807. The Morgan fingerprint density at radius 2 is 1.85 bits per heavy atom. The van der Waals surface area contributed by atoms with E-state index in [1.54, 1.807) is 0 Å². The molecule has 1 rings (SSSR count). The van der Waals surface area contributed by atoms with Gasteiger partial charge in [-0.15, -0.1) is 0 Å². The fraction of sp³-hybridized carbons (Fsp3) is 1.00. The monoisotopic (exact) mass is 294 g/mol. The SMILES string of the molecule is CCCN(CC(C)(C)CN)C1CCCC(C(F)(F)F)C1. The summed E-state index contributed by atoms with van der Waals surface area (Å²) >= 11 is 0. The molecule has 0 spiro atoms. The maximum Gasteiger partial charge on any atom is 0.391 e. The summed E-state index contributed by atoms with van der Waals surface area (Å²) in [5.74, 6) is -1.12. The summed E-state index contributed by atoms with van der Waals surface area (Å²) in [6, 6.07) is 0.0566. The highest BCUT2D eigenvalue weighted by Crippen LogP contribution is 2.39. The van der Waals surface area contributed by atoms with Gasteiger partial charge >= 0.3 is 6.18 Å². The summed E-state index contributed by atoms with van der Waals surface area (Å²) < 4.78 is 38.8. The average molecular weight is 294 g/mol. The van der Waals surface area contributed by atoms with E-state index in [0.717, 1.165) is 25.9 Å². The van der Waals surface area contributed by atoms with Gasteiger partial charge in [0.05, 0.1) is 5.92 Å². The van der Waals surface area contributed by atoms with Crippen molar-refractivity contribution in [1.29, 1.82) is 0 Å². The number of nitrogens with zero attached hydrogens (tertiary/aromatic N) is 1. The third-order valence-corrected chi connectivity index (χ3v) is 4.32. The molecule has 2 unspecified atom stereocenters. The van der Waals surface area contributed by atoms with Crippen molar-refractivity contribution in [3.05, 3.63) is 0 Å². The van der Waals surface area contributed by atoms with Gasteiger partial charge < -0.3 is 5.73 Å². The predicted octanol–water partition coefficient (Wildman–Crippen LogP) is 3.80. The minimum atomic E-state index is -4.04. The predicted molar refractivity (Wildman–Crippen MR) is 76.5 cm³/mol. The smallest absolute Gasteiger partial charge is 0.330 e. The van der Waals surface area contributed by atoms with Crippen molar-refractivity contribution in [2.24, 2.45) is 17.1 Å². The van der Waals surface area contributed by atoms with Crippen molar-refractivity contribution in [2.75, 3.05) is 19.6 Å². The van der Waals surface area contributed by atoms with Gasteiger partial charge in [0, 0.05) is 12.6 Å². The van der Waals surface area contributed by atoms with Crippen molar-refractivity contribution in [1.82, 2.24) is 4.90 Å². The number of nitrogens with two attached hydrogens (primary N) is 1. The van der Waals surface area contributed by atoms with Gasteiger partial charge in [0.15, 0.2) is 0 Å². The molecule has 2 atom stereocenters. The van der Waals surface area contributed by atoms with E-state index < -0.39 is 12.1 Å². The van der Waals surface area contributed by atoms with E-state index in [-0.39, 0.29) is 17.9 Å². The Hall–Kier alpha value is -0.290. The normalized spacial score (nSPS) is 25.2. The van der Waals surface area contributed by atoms with Gasteiger partial charge in [0.2, 0.25) is 0 Å². The number of rotatable bonds is 6. The standard InChI is InChI=1S/C15H29F3N2/c1-4-8-20(11-14(2,3)10-19)13-7-5-6-12(9-13)15(16,17)18/h12-13H,4-11,19H2,1-3H3. The zero-order valence-corrected chi connectivity index (χ0v) is 13.0. The largest absolute Gasteiger partial charge is 0.391 e. The lowest BCUT2D eigenvalue weighted by molar-refractivity contribution is -0.187. The summed E-state index contributed by atoms with van der Waals surface area (Å²) in [6.07, 6.45) is -0.969. The number of halogens is 3. The number of alkyl halides is 3. The molecule has 0 amide bonds. The molecule has 0 aliphatic heterocycles. The summed E-state index contributed by atoms with van der Waals surface area (Å²) in [7, 11) is 0. The van der Waals surface area contributed by atoms with E-state index >= 15 is 0 Å². The van der Waals surface area contributed by atoms with Crippen molar-refractivity contribution >= 4 is 0 Å². The van der Waals surface area contributed by atoms with Crippen LogP contribution in [0.2, 0.25) is 0 Å². The second-order valence-corrected chi connectivity index (χ2v) is 6.90. The Morgan fingerprint density at radius 1 is 1.20 bits per heavy atom. The van der Waals surface area contributed by atoms with Crippen LogP contribution in [0.5, 0.6) is 0 Å². The molecule has 20 heavy (non-hydrogen) atoms. The first kappa shape index (κ1) is 17.8. The molecule has 0 radical (unpaired) electrons. The van der Waals surface area contributed by atoms with Gasteiger partial charge in [-0.3, -0.25) is 4.90 Å². The fourth-order valence-corrected chi connectivity index (χ4v) is 3.09. The highest BCUT2D eigenvalue weighted by molar-refractivity contribution is 4.86. The first-order chi connectivity index (χ1) is 9.19. The third kappa shape index (κ3) is 5.24.